The molecule has 2 N–H and O–H groups in total. The number of halogens is 3. The van der Waals surface area contributed by atoms with Gasteiger partial charge < -0.3 is 15.2 Å². The van der Waals surface area contributed by atoms with E-state index in [1.165, 1.54) is 18.2 Å². The highest BCUT2D eigenvalue weighted by atomic mass is 19.4. The van der Waals surface area contributed by atoms with Gasteiger partial charge in [0.15, 0.2) is 0 Å². The third kappa shape index (κ3) is 7.51. The summed E-state index contributed by atoms with van der Waals surface area (Å²) in [4.78, 5) is 21.8. The molecule has 0 heterocycles. The molecule has 0 bridgehead atoms. The summed E-state index contributed by atoms with van der Waals surface area (Å²) >= 11 is 0. The maximum Gasteiger partial charge on any atom is 0.573 e. The summed E-state index contributed by atoms with van der Waals surface area (Å²) in [7, 11) is 0. The molecule has 1 aromatic rings. The van der Waals surface area contributed by atoms with Gasteiger partial charge in [-0.25, -0.2) is 0 Å². The van der Waals surface area contributed by atoms with Crippen molar-refractivity contribution in [1.82, 2.24) is 5.32 Å². The second kappa shape index (κ2) is 8.26. The van der Waals surface area contributed by atoms with Crippen LogP contribution in [-0.2, 0) is 16.0 Å². The number of amides is 1. The molecule has 1 amide bonds. The molecule has 0 spiro atoms. The number of carbonyl (C=O) groups is 2. The summed E-state index contributed by atoms with van der Waals surface area (Å²) in [5.74, 6) is -1.63. The lowest BCUT2D eigenvalue weighted by Crippen LogP contribution is -2.25. The van der Waals surface area contributed by atoms with Gasteiger partial charge in [-0.3, -0.25) is 9.59 Å². The van der Waals surface area contributed by atoms with Crippen LogP contribution in [0.1, 0.15) is 24.8 Å². The van der Waals surface area contributed by atoms with E-state index in [9.17, 15) is 22.8 Å². The van der Waals surface area contributed by atoms with E-state index in [-0.39, 0.29) is 43.0 Å². The summed E-state index contributed by atoms with van der Waals surface area (Å²) in [6, 6.07) is 5.62. The predicted molar refractivity (Wildman–Crippen MR) is 71.3 cm³/mol. The van der Waals surface area contributed by atoms with Crippen molar-refractivity contribution in [2.75, 3.05) is 6.54 Å². The normalized spacial score (nSPS) is 11.0. The van der Waals surface area contributed by atoms with E-state index in [0.717, 1.165) is 0 Å². The van der Waals surface area contributed by atoms with E-state index >= 15 is 0 Å². The van der Waals surface area contributed by atoms with Gasteiger partial charge in [-0.1, -0.05) is 18.2 Å². The highest BCUT2D eigenvalue weighted by Crippen LogP contribution is 2.26. The number of ether oxygens (including phenoxy) is 1. The number of alkyl halides is 3. The molecule has 0 aromatic heterocycles. The van der Waals surface area contributed by atoms with Crippen LogP contribution in [0.5, 0.6) is 5.75 Å². The first kappa shape index (κ1) is 17.8. The van der Waals surface area contributed by atoms with Gasteiger partial charge in [0.25, 0.3) is 0 Å². The van der Waals surface area contributed by atoms with Crippen LogP contribution < -0.4 is 10.1 Å². The van der Waals surface area contributed by atoms with Crippen molar-refractivity contribution in [2.45, 2.75) is 32.0 Å². The second-order valence-corrected chi connectivity index (χ2v) is 4.50. The molecular weight excluding hydrogens is 303 g/mol. The highest BCUT2D eigenvalue weighted by molar-refractivity contribution is 5.76. The zero-order chi connectivity index (χ0) is 16.6. The molecule has 1 rings (SSSR count). The molecule has 0 atom stereocenters. The van der Waals surface area contributed by atoms with Crippen molar-refractivity contribution in [3.05, 3.63) is 29.8 Å². The molecule has 22 heavy (non-hydrogen) atoms. The van der Waals surface area contributed by atoms with Crippen LogP contribution in [0.25, 0.3) is 0 Å². The number of aryl methyl sites for hydroxylation is 1. The van der Waals surface area contributed by atoms with E-state index in [1.54, 1.807) is 6.07 Å². The molecule has 5 nitrogen and oxygen atoms in total. The third-order valence-electron chi connectivity index (χ3n) is 2.71. The Labute approximate surface area is 125 Å². The molecule has 0 unspecified atom stereocenters. The summed E-state index contributed by atoms with van der Waals surface area (Å²) in [6.07, 6.45) is -4.45. The maximum absolute atomic E-state index is 12.2. The van der Waals surface area contributed by atoms with Gasteiger partial charge in [-0.2, -0.15) is 0 Å². The van der Waals surface area contributed by atoms with Crippen LogP contribution in [0, 0.1) is 0 Å². The quantitative estimate of drug-likeness (QED) is 0.722. The zero-order valence-corrected chi connectivity index (χ0v) is 11.7. The van der Waals surface area contributed by atoms with Gasteiger partial charge in [0, 0.05) is 19.4 Å². The minimum absolute atomic E-state index is 0.00863. The van der Waals surface area contributed by atoms with Crippen LogP contribution in [0.3, 0.4) is 0 Å². The molecule has 0 aliphatic carbocycles. The number of carbonyl (C=O) groups excluding carboxylic acids is 1. The molecule has 8 heteroatoms. The van der Waals surface area contributed by atoms with Crippen LogP contribution in [-0.4, -0.2) is 29.9 Å². The fraction of sp³-hybridized carbons (Fsp3) is 0.429. The van der Waals surface area contributed by atoms with Gasteiger partial charge in [0.1, 0.15) is 5.75 Å². The Morgan fingerprint density at radius 1 is 1.18 bits per heavy atom. The van der Waals surface area contributed by atoms with Crippen LogP contribution >= 0.6 is 0 Å². The molecule has 0 saturated carbocycles. The number of nitrogens with one attached hydrogen (secondary N) is 1. The molecule has 122 valence electrons. The zero-order valence-electron chi connectivity index (χ0n) is 11.7. The highest BCUT2D eigenvalue weighted by Gasteiger charge is 2.31. The lowest BCUT2D eigenvalue weighted by atomic mass is 10.1. The van der Waals surface area contributed by atoms with Crippen molar-refractivity contribution in [1.29, 1.82) is 0 Å². The van der Waals surface area contributed by atoms with Gasteiger partial charge in [0.05, 0.1) is 0 Å². The number of carboxylic acid groups (broad SMARTS) is 1. The molecule has 1 aromatic carbocycles. The van der Waals surface area contributed by atoms with Crippen molar-refractivity contribution in [2.24, 2.45) is 0 Å². The Bertz CT molecular complexity index is 517. The van der Waals surface area contributed by atoms with E-state index in [2.05, 4.69) is 10.1 Å². The van der Waals surface area contributed by atoms with Crippen LogP contribution in [0.2, 0.25) is 0 Å². The number of aliphatic carboxylic acids is 1. The second-order valence-electron chi connectivity index (χ2n) is 4.50. The summed E-state index contributed by atoms with van der Waals surface area (Å²) < 4.78 is 40.6. The largest absolute Gasteiger partial charge is 0.573 e. The average Bonchev–Trinajstić information content (AvgIpc) is 2.41. The fourth-order valence-electron chi connectivity index (χ4n) is 1.74. The number of benzene rings is 1. The standard InChI is InChI=1S/C14H16F3NO4/c15-14(16,17)22-11-5-2-1-4-10(11)7-8-12(19)18-9-3-6-13(20)21/h1-2,4-5H,3,6-9H2,(H,18,19)(H,20,21). The number of rotatable bonds is 8. The van der Waals surface area contributed by atoms with Gasteiger partial charge in [-0.05, 0) is 24.5 Å². The molecular formula is C14H16F3NO4. The van der Waals surface area contributed by atoms with E-state index < -0.39 is 12.3 Å². The molecule has 0 saturated heterocycles. The summed E-state index contributed by atoms with van der Waals surface area (Å²) in [5, 5.41) is 10.9. The Morgan fingerprint density at radius 2 is 1.86 bits per heavy atom. The first-order valence-corrected chi connectivity index (χ1v) is 6.60. The number of hydrogen-bond donors (Lipinski definition) is 2. The van der Waals surface area contributed by atoms with Crippen molar-refractivity contribution < 1.29 is 32.6 Å². The summed E-state index contributed by atoms with van der Waals surface area (Å²) in [5.41, 5.74) is 0.278. The predicted octanol–water partition coefficient (Wildman–Crippen LogP) is 2.50. The Balaban J connectivity index is 2.44. The van der Waals surface area contributed by atoms with Gasteiger partial charge >= 0.3 is 12.3 Å². The van der Waals surface area contributed by atoms with E-state index in [4.69, 9.17) is 5.11 Å². The van der Waals surface area contributed by atoms with Gasteiger partial charge in [0.2, 0.25) is 5.91 Å². The Hall–Kier alpha value is -2.25. The smallest absolute Gasteiger partial charge is 0.481 e. The lowest BCUT2D eigenvalue weighted by Gasteiger charge is -2.13. The SMILES string of the molecule is O=C(O)CCCNC(=O)CCc1ccccc1OC(F)(F)F. The number of hydrogen-bond acceptors (Lipinski definition) is 3. The fourth-order valence-corrected chi connectivity index (χ4v) is 1.74. The topological polar surface area (TPSA) is 75.6 Å². The minimum atomic E-state index is -4.78. The summed E-state index contributed by atoms with van der Waals surface area (Å²) in [6.45, 7) is 0.214. The van der Waals surface area contributed by atoms with Crippen LogP contribution in [0.4, 0.5) is 13.2 Å². The molecule has 0 fully saturated rings. The van der Waals surface area contributed by atoms with E-state index in [1.807, 2.05) is 0 Å². The van der Waals surface area contributed by atoms with Crippen molar-refractivity contribution >= 4 is 11.9 Å². The Kier molecular flexibility index (Phi) is 6.68. The first-order valence-electron chi connectivity index (χ1n) is 6.60. The molecule has 0 radical (unpaired) electrons. The van der Waals surface area contributed by atoms with Gasteiger partial charge in [-0.15, -0.1) is 13.2 Å². The first-order chi connectivity index (χ1) is 10.3. The van der Waals surface area contributed by atoms with E-state index in [0.29, 0.717) is 6.42 Å². The maximum atomic E-state index is 12.2. The van der Waals surface area contributed by atoms with Crippen molar-refractivity contribution in [3.8, 4) is 5.75 Å². The Morgan fingerprint density at radius 3 is 2.50 bits per heavy atom. The number of para-hydroxylation sites is 1. The lowest BCUT2D eigenvalue weighted by molar-refractivity contribution is -0.274. The minimum Gasteiger partial charge on any atom is -0.481 e. The van der Waals surface area contributed by atoms with Crippen LogP contribution in [0.15, 0.2) is 24.3 Å². The van der Waals surface area contributed by atoms with Crippen molar-refractivity contribution in [3.63, 3.8) is 0 Å². The third-order valence-corrected chi connectivity index (χ3v) is 2.71. The monoisotopic (exact) mass is 319 g/mol. The molecule has 0 aliphatic heterocycles. The number of carboxylic acids is 1. The molecule has 0 aliphatic rings. The average molecular weight is 319 g/mol.